The van der Waals surface area contributed by atoms with Crippen molar-refractivity contribution in [1.29, 1.82) is 0 Å². The van der Waals surface area contributed by atoms with Crippen LogP contribution in [0.3, 0.4) is 0 Å². The summed E-state index contributed by atoms with van der Waals surface area (Å²) in [6.45, 7) is 8.44. The van der Waals surface area contributed by atoms with Gasteiger partial charge < -0.3 is 20.1 Å². The van der Waals surface area contributed by atoms with Gasteiger partial charge in [0.15, 0.2) is 0 Å². The van der Waals surface area contributed by atoms with Gasteiger partial charge in [0.2, 0.25) is 0 Å². The van der Waals surface area contributed by atoms with Crippen LogP contribution in [0, 0.1) is 6.92 Å². The summed E-state index contributed by atoms with van der Waals surface area (Å²) in [5.41, 5.74) is 3.68. The van der Waals surface area contributed by atoms with Gasteiger partial charge in [-0.15, -0.1) is 0 Å². The number of fused-ring (bicyclic) bond motifs is 1. The minimum Gasteiger partial charge on any atom is -0.361 e. The minimum atomic E-state index is 0.0165. The zero-order valence-corrected chi connectivity index (χ0v) is 15.5. The fourth-order valence-electron chi connectivity index (χ4n) is 3.26. The Kier molecular flexibility index (Phi) is 6.26. The molecule has 2 aromatic rings. The van der Waals surface area contributed by atoms with Crippen molar-refractivity contribution in [3.05, 3.63) is 35.5 Å². The number of carbonyl (C=O) groups excluding carboxylic acids is 1. The SMILES string of the molecule is CCN(C(=O)NCCc1c[nH]c2c(C)cccc12)[C@@H](C)CN(C)C. The van der Waals surface area contributed by atoms with Crippen molar-refractivity contribution in [2.75, 3.05) is 33.7 Å². The van der Waals surface area contributed by atoms with Gasteiger partial charge in [0, 0.05) is 42.8 Å². The van der Waals surface area contributed by atoms with Crippen molar-refractivity contribution < 1.29 is 4.79 Å². The lowest BCUT2D eigenvalue weighted by Crippen LogP contribution is -2.48. The lowest BCUT2D eigenvalue weighted by Gasteiger charge is -2.30. The maximum atomic E-state index is 12.4. The largest absolute Gasteiger partial charge is 0.361 e. The number of aromatic amines is 1. The Morgan fingerprint density at radius 3 is 2.75 bits per heavy atom. The van der Waals surface area contributed by atoms with Gasteiger partial charge in [-0.1, -0.05) is 18.2 Å². The molecular formula is C19H30N4O. The lowest BCUT2D eigenvalue weighted by atomic mass is 10.1. The second-order valence-electron chi connectivity index (χ2n) is 6.69. The highest BCUT2D eigenvalue weighted by Crippen LogP contribution is 2.21. The molecule has 1 atom stereocenters. The molecule has 0 aliphatic heterocycles. The van der Waals surface area contributed by atoms with Gasteiger partial charge in [0.05, 0.1) is 0 Å². The average molecular weight is 330 g/mol. The summed E-state index contributed by atoms with van der Waals surface area (Å²) in [4.78, 5) is 19.8. The van der Waals surface area contributed by atoms with E-state index in [9.17, 15) is 4.79 Å². The molecule has 2 rings (SSSR count). The molecule has 24 heavy (non-hydrogen) atoms. The monoisotopic (exact) mass is 330 g/mol. The number of rotatable bonds is 7. The predicted molar refractivity (Wildman–Crippen MR) is 101 cm³/mol. The summed E-state index contributed by atoms with van der Waals surface area (Å²) in [6, 6.07) is 6.53. The first-order valence-electron chi connectivity index (χ1n) is 8.68. The molecule has 1 aromatic heterocycles. The van der Waals surface area contributed by atoms with E-state index in [1.165, 1.54) is 22.0 Å². The molecule has 5 nitrogen and oxygen atoms in total. The molecule has 0 aliphatic rings. The Labute approximate surface area is 145 Å². The quantitative estimate of drug-likeness (QED) is 0.820. The van der Waals surface area contributed by atoms with Crippen LogP contribution in [0.5, 0.6) is 0 Å². The third-order valence-corrected chi connectivity index (χ3v) is 4.44. The zero-order valence-electron chi connectivity index (χ0n) is 15.5. The van der Waals surface area contributed by atoms with Crippen molar-refractivity contribution >= 4 is 16.9 Å². The van der Waals surface area contributed by atoms with Gasteiger partial charge in [-0.05, 0) is 52.4 Å². The maximum Gasteiger partial charge on any atom is 0.317 e. The van der Waals surface area contributed by atoms with Crippen molar-refractivity contribution in [1.82, 2.24) is 20.1 Å². The van der Waals surface area contributed by atoms with Crippen LogP contribution in [-0.4, -0.2) is 60.6 Å². The fourth-order valence-corrected chi connectivity index (χ4v) is 3.26. The molecule has 0 spiro atoms. The summed E-state index contributed by atoms with van der Waals surface area (Å²) in [6.07, 6.45) is 2.88. The Bertz CT molecular complexity index is 677. The van der Waals surface area contributed by atoms with E-state index in [1.54, 1.807) is 0 Å². The Balaban J connectivity index is 1.92. The lowest BCUT2D eigenvalue weighted by molar-refractivity contribution is 0.169. The van der Waals surface area contributed by atoms with E-state index >= 15 is 0 Å². The van der Waals surface area contributed by atoms with Crippen molar-refractivity contribution in [3.8, 4) is 0 Å². The number of aryl methyl sites for hydroxylation is 1. The molecule has 0 aliphatic carbocycles. The highest BCUT2D eigenvalue weighted by Gasteiger charge is 2.18. The third-order valence-electron chi connectivity index (χ3n) is 4.44. The molecule has 0 saturated heterocycles. The van der Waals surface area contributed by atoms with E-state index in [1.807, 2.05) is 25.9 Å². The van der Waals surface area contributed by atoms with Crippen LogP contribution in [0.25, 0.3) is 10.9 Å². The van der Waals surface area contributed by atoms with E-state index in [0.717, 1.165) is 13.0 Å². The number of aromatic nitrogens is 1. The number of H-pyrrole nitrogens is 1. The molecule has 0 bridgehead atoms. The van der Waals surface area contributed by atoms with Crippen LogP contribution >= 0.6 is 0 Å². The second kappa shape index (κ2) is 8.20. The van der Waals surface area contributed by atoms with Crippen molar-refractivity contribution in [2.24, 2.45) is 0 Å². The molecule has 1 heterocycles. The van der Waals surface area contributed by atoms with Crippen LogP contribution in [0.1, 0.15) is 25.0 Å². The number of nitrogens with zero attached hydrogens (tertiary/aromatic N) is 2. The number of hydrogen-bond donors (Lipinski definition) is 2. The predicted octanol–water partition coefficient (Wildman–Crippen LogP) is 3.00. The van der Waals surface area contributed by atoms with Crippen LogP contribution in [0.15, 0.2) is 24.4 Å². The average Bonchev–Trinajstić information content (AvgIpc) is 2.92. The molecule has 2 amide bonds. The molecule has 5 heteroatoms. The summed E-state index contributed by atoms with van der Waals surface area (Å²) in [7, 11) is 4.06. The smallest absolute Gasteiger partial charge is 0.317 e. The number of hydrogen-bond acceptors (Lipinski definition) is 2. The number of likely N-dealkylation sites (N-methyl/N-ethyl adjacent to an activating group) is 2. The molecule has 1 aromatic carbocycles. The van der Waals surface area contributed by atoms with E-state index < -0.39 is 0 Å². The minimum absolute atomic E-state index is 0.0165. The highest BCUT2D eigenvalue weighted by molar-refractivity contribution is 5.86. The van der Waals surface area contributed by atoms with Crippen molar-refractivity contribution in [2.45, 2.75) is 33.2 Å². The first-order valence-corrected chi connectivity index (χ1v) is 8.68. The number of benzene rings is 1. The fraction of sp³-hybridized carbons (Fsp3) is 0.526. The second-order valence-corrected chi connectivity index (χ2v) is 6.69. The number of carbonyl (C=O) groups is 1. The van der Waals surface area contributed by atoms with Crippen LogP contribution in [-0.2, 0) is 6.42 Å². The topological polar surface area (TPSA) is 51.4 Å². The molecule has 0 fully saturated rings. The highest BCUT2D eigenvalue weighted by atomic mass is 16.2. The first kappa shape index (κ1) is 18.3. The maximum absolute atomic E-state index is 12.4. The van der Waals surface area contributed by atoms with Gasteiger partial charge in [-0.25, -0.2) is 4.79 Å². The van der Waals surface area contributed by atoms with Gasteiger partial charge in [-0.3, -0.25) is 0 Å². The van der Waals surface area contributed by atoms with Crippen LogP contribution in [0.2, 0.25) is 0 Å². The Morgan fingerprint density at radius 2 is 2.08 bits per heavy atom. The third kappa shape index (κ3) is 4.29. The van der Waals surface area contributed by atoms with Gasteiger partial charge in [0.25, 0.3) is 0 Å². The molecular weight excluding hydrogens is 300 g/mol. The van der Waals surface area contributed by atoms with E-state index in [0.29, 0.717) is 13.1 Å². The van der Waals surface area contributed by atoms with Gasteiger partial charge in [-0.2, -0.15) is 0 Å². The Hall–Kier alpha value is -2.01. The number of nitrogens with one attached hydrogen (secondary N) is 2. The molecule has 0 saturated carbocycles. The Morgan fingerprint density at radius 1 is 1.33 bits per heavy atom. The van der Waals surface area contributed by atoms with Gasteiger partial charge in [0.1, 0.15) is 0 Å². The standard InChI is InChI=1S/C19H30N4O/c1-6-23(15(3)13-22(4)5)19(24)20-11-10-16-12-21-18-14(2)8-7-9-17(16)18/h7-9,12,15,21H,6,10-11,13H2,1-5H3,(H,20,24)/t15-/m0/s1. The van der Waals surface area contributed by atoms with Crippen LogP contribution in [0.4, 0.5) is 4.79 Å². The summed E-state index contributed by atoms with van der Waals surface area (Å²) in [5.74, 6) is 0. The summed E-state index contributed by atoms with van der Waals surface area (Å²) < 4.78 is 0. The summed E-state index contributed by atoms with van der Waals surface area (Å²) >= 11 is 0. The van der Waals surface area contributed by atoms with E-state index in [4.69, 9.17) is 0 Å². The number of para-hydroxylation sites is 1. The van der Waals surface area contributed by atoms with Crippen molar-refractivity contribution in [3.63, 3.8) is 0 Å². The number of urea groups is 1. The van der Waals surface area contributed by atoms with Gasteiger partial charge >= 0.3 is 6.03 Å². The summed E-state index contributed by atoms with van der Waals surface area (Å²) in [5, 5.41) is 4.31. The molecule has 0 unspecified atom stereocenters. The van der Waals surface area contributed by atoms with Crippen LogP contribution < -0.4 is 5.32 Å². The first-order chi connectivity index (χ1) is 11.4. The van der Waals surface area contributed by atoms with E-state index in [-0.39, 0.29) is 12.1 Å². The normalized spacial score (nSPS) is 12.6. The van der Waals surface area contributed by atoms with E-state index in [2.05, 4.69) is 53.4 Å². The molecule has 2 N–H and O–H groups in total. The zero-order chi connectivity index (χ0) is 17.7. The number of amides is 2. The molecule has 132 valence electrons. The molecule has 0 radical (unpaired) electrons.